The summed E-state index contributed by atoms with van der Waals surface area (Å²) in [5.41, 5.74) is 0.602. The van der Waals surface area contributed by atoms with E-state index in [0.717, 1.165) is 17.4 Å². The summed E-state index contributed by atoms with van der Waals surface area (Å²) in [4.78, 5) is 0. The second-order valence-corrected chi connectivity index (χ2v) is 5.17. The zero-order valence-corrected chi connectivity index (χ0v) is 11.9. The van der Waals surface area contributed by atoms with E-state index in [0.29, 0.717) is 24.8 Å². The summed E-state index contributed by atoms with van der Waals surface area (Å²) in [6.45, 7) is 6.13. The van der Waals surface area contributed by atoms with Crippen molar-refractivity contribution in [2.45, 2.75) is 32.9 Å². The van der Waals surface area contributed by atoms with Crippen LogP contribution < -0.4 is 5.32 Å². The number of halogens is 2. The maximum Gasteiger partial charge on any atom is 0.129 e. The number of benzene rings is 1. The van der Waals surface area contributed by atoms with Gasteiger partial charge in [0, 0.05) is 22.7 Å². The Morgan fingerprint density at radius 1 is 1.41 bits per heavy atom. The van der Waals surface area contributed by atoms with Crippen molar-refractivity contribution in [2.75, 3.05) is 13.2 Å². The van der Waals surface area contributed by atoms with E-state index in [9.17, 15) is 4.39 Å². The van der Waals surface area contributed by atoms with E-state index in [1.807, 2.05) is 6.07 Å². The lowest BCUT2D eigenvalue weighted by atomic mass is 10.2. The highest BCUT2D eigenvalue weighted by atomic mass is 79.9. The molecule has 0 aromatic heterocycles. The lowest BCUT2D eigenvalue weighted by molar-refractivity contribution is 0.116. The predicted octanol–water partition coefficient (Wildman–Crippen LogP) is 3.49. The first-order chi connectivity index (χ1) is 8.09. The van der Waals surface area contributed by atoms with Gasteiger partial charge in [0.1, 0.15) is 5.82 Å². The normalized spacial score (nSPS) is 11.1. The maximum absolute atomic E-state index is 13.4. The van der Waals surface area contributed by atoms with Crippen molar-refractivity contribution in [3.63, 3.8) is 0 Å². The lowest BCUT2D eigenvalue weighted by Gasteiger charge is -2.08. The van der Waals surface area contributed by atoms with Crippen LogP contribution in [0.15, 0.2) is 22.7 Å². The largest absolute Gasteiger partial charge is 0.377 e. The molecule has 1 aromatic carbocycles. The minimum atomic E-state index is -0.223. The Bertz CT molecular complexity index is 344. The maximum atomic E-state index is 13.4. The molecule has 96 valence electrons. The Morgan fingerprint density at radius 2 is 2.18 bits per heavy atom. The van der Waals surface area contributed by atoms with Crippen LogP contribution in [0.25, 0.3) is 0 Å². The Hall–Kier alpha value is -0.450. The predicted molar refractivity (Wildman–Crippen MR) is 71.5 cm³/mol. The molecule has 0 saturated heterocycles. The molecule has 0 heterocycles. The van der Waals surface area contributed by atoms with Crippen LogP contribution in [0.2, 0.25) is 0 Å². The minimum Gasteiger partial charge on any atom is -0.377 e. The Labute approximate surface area is 111 Å². The number of hydrogen-bond donors (Lipinski definition) is 1. The number of ether oxygens (including phenoxy) is 1. The highest BCUT2D eigenvalue weighted by molar-refractivity contribution is 9.10. The highest BCUT2D eigenvalue weighted by Crippen LogP contribution is 2.15. The molecule has 0 aliphatic rings. The van der Waals surface area contributed by atoms with Gasteiger partial charge in [-0.15, -0.1) is 0 Å². The van der Waals surface area contributed by atoms with Crippen LogP contribution in [0.1, 0.15) is 25.8 Å². The molecule has 0 saturated carbocycles. The zero-order valence-electron chi connectivity index (χ0n) is 10.3. The molecule has 0 aliphatic carbocycles. The fourth-order valence-corrected chi connectivity index (χ4v) is 1.72. The first-order valence-electron chi connectivity index (χ1n) is 5.84. The topological polar surface area (TPSA) is 21.3 Å². The summed E-state index contributed by atoms with van der Waals surface area (Å²) < 4.78 is 19.6. The van der Waals surface area contributed by atoms with Crippen LogP contribution in [0.3, 0.4) is 0 Å². The van der Waals surface area contributed by atoms with Gasteiger partial charge in [-0.3, -0.25) is 0 Å². The van der Waals surface area contributed by atoms with Crippen LogP contribution >= 0.6 is 15.9 Å². The van der Waals surface area contributed by atoms with E-state index in [2.05, 4.69) is 35.1 Å². The molecular weight excluding hydrogens is 285 g/mol. The van der Waals surface area contributed by atoms with Gasteiger partial charge in [0.15, 0.2) is 0 Å². The fourth-order valence-electron chi connectivity index (χ4n) is 1.39. The molecule has 0 bridgehead atoms. The summed E-state index contributed by atoms with van der Waals surface area (Å²) >= 11 is 3.22. The minimum absolute atomic E-state index is 0.223. The third-order valence-corrected chi connectivity index (χ3v) is 2.78. The second-order valence-electron chi connectivity index (χ2n) is 4.25. The van der Waals surface area contributed by atoms with Crippen molar-refractivity contribution < 1.29 is 9.13 Å². The second kappa shape index (κ2) is 7.80. The Kier molecular flexibility index (Phi) is 6.70. The van der Waals surface area contributed by atoms with Gasteiger partial charge in [0.05, 0.1) is 6.61 Å². The van der Waals surface area contributed by atoms with E-state index >= 15 is 0 Å². The lowest BCUT2D eigenvalue weighted by Crippen LogP contribution is -2.24. The summed E-state index contributed by atoms with van der Waals surface area (Å²) in [5.74, 6) is -0.223. The summed E-state index contributed by atoms with van der Waals surface area (Å²) in [7, 11) is 0. The highest BCUT2D eigenvalue weighted by Gasteiger charge is 2.02. The van der Waals surface area contributed by atoms with Crippen LogP contribution in [0.4, 0.5) is 4.39 Å². The third kappa shape index (κ3) is 6.15. The molecule has 1 rings (SSSR count). The van der Waals surface area contributed by atoms with Crippen molar-refractivity contribution in [1.29, 1.82) is 0 Å². The molecule has 0 aliphatic heterocycles. The van der Waals surface area contributed by atoms with E-state index in [-0.39, 0.29) is 5.82 Å². The molecule has 0 radical (unpaired) electrons. The molecule has 1 aromatic rings. The molecule has 0 amide bonds. The third-order valence-electron chi connectivity index (χ3n) is 2.29. The monoisotopic (exact) mass is 303 g/mol. The smallest absolute Gasteiger partial charge is 0.129 e. The van der Waals surface area contributed by atoms with Crippen molar-refractivity contribution >= 4 is 15.9 Å². The fraction of sp³-hybridized carbons (Fsp3) is 0.538. The first kappa shape index (κ1) is 14.6. The molecule has 4 heteroatoms. The standard InChI is InChI=1S/C13H19BrFNO/c1-10(2)16-6-3-7-17-9-11-4-5-12(14)8-13(11)15/h4-5,8,10,16H,3,6-7,9H2,1-2H3. The molecular formula is C13H19BrFNO. The van der Waals surface area contributed by atoms with E-state index in [1.54, 1.807) is 6.07 Å². The molecule has 0 unspecified atom stereocenters. The van der Waals surface area contributed by atoms with Gasteiger partial charge in [-0.2, -0.15) is 0 Å². The van der Waals surface area contributed by atoms with Crippen LogP contribution in [-0.4, -0.2) is 19.2 Å². The van der Waals surface area contributed by atoms with Gasteiger partial charge in [0.25, 0.3) is 0 Å². The molecule has 17 heavy (non-hydrogen) atoms. The summed E-state index contributed by atoms with van der Waals surface area (Å²) in [6.07, 6.45) is 0.941. The van der Waals surface area contributed by atoms with Gasteiger partial charge in [-0.25, -0.2) is 4.39 Å². The van der Waals surface area contributed by atoms with Crippen molar-refractivity contribution in [2.24, 2.45) is 0 Å². The van der Waals surface area contributed by atoms with E-state index < -0.39 is 0 Å². The van der Waals surface area contributed by atoms with Crippen molar-refractivity contribution in [1.82, 2.24) is 5.32 Å². The van der Waals surface area contributed by atoms with E-state index in [1.165, 1.54) is 6.07 Å². The molecule has 1 N–H and O–H groups in total. The average Bonchev–Trinajstić information content (AvgIpc) is 2.25. The van der Waals surface area contributed by atoms with Gasteiger partial charge < -0.3 is 10.1 Å². The molecule has 0 fully saturated rings. The van der Waals surface area contributed by atoms with Gasteiger partial charge >= 0.3 is 0 Å². The van der Waals surface area contributed by atoms with E-state index in [4.69, 9.17) is 4.74 Å². The van der Waals surface area contributed by atoms with Crippen molar-refractivity contribution in [3.8, 4) is 0 Å². The molecule has 2 nitrogen and oxygen atoms in total. The SMILES string of the molecule is CC(C)NCCCOCc1ccc(Br)cc1F. The van der Waals surface area contributed by atoms with Gasteiger partial charge in [-0.1, -0.05) is 35.8 Å². The Morgan fingerprint density at radius 3 is 2.82 bits per heavy atom. The van der Waals surface area contributed by atoms with Crippen molar-refractivity contribution in [3.05, 3.63) is 34.1 Å². The summed E-state index contributed by atoms with van der Waals surface area (Å²) in [6, 6.07) is 5.52. The van der Waals surface area contributed by atoms with Gasteiger partial charge in [0.2, 0.25) is 0 Å². The molecule has 0 spiro atoms. The number of rotatable bonds is 7. The zero-order chi connectivity index (χ0) is 12.7. The first-order valence-corrected chi connectivity index (χ1v) is 6.64. The molecule has 0 atom stereocenters. The van der Waals surface area contributed by atoms with Crippen LogP contribution in [-0.2, 0) is 11.3 Å². The Balaban J connectivity index is 2.18. The number of hydrogen-bond acceptors (Lipinski definition) is 2. The van der Waals surface area contributed by atoms with Crippen LogP contribution in [0.5, 0.6) is 0 Å². The van der Waals surface area contributed by atoms with Gasteiger partial charge in [-0.05, 0) is 25.1 Å². The average molecular weight is 304 g/mol. The quantitative estimate of drug-likeness (QED) is 0.779. The summed E-state index contributed by atoms with van der Waals surface area (Å²) in [5, 5.41) is 3.30. The van der Waals surface area contributed by atoms with Crippen LogP contribution in [0, 0.1) is 5.82 Å². The number of nitrogens with one attached hydrogen (secondary N) is 1.